The third kappa shape index (κ3) is 5.06. The lowest BCUT2D eigenvalue weighted by Crippen LogP contribution is -2.14. The first-order chi connectivity index (χ1) is 14.0. The fraction of sp³-hybridized carbons (Fsp3) is 0.217. The van der Waals surface area contributed by atoms with Gasteiger partial charge in [0.1, 0.15) is 12.4 Å². The van der Waals surface area contributed by atoms with Crippen molar-refractivity contribution in [3.05, 3.63) is 82.1 Å². The first-order valence-electron chi connectivity index (χ1n) is 9.35. The van der Waals surface area contributed by atoms with Crippen LogP contribution in [0.4, 0.5) is 5.69 Å². The predicted octanol–water partition coefficient (Wildman–Crippen LogP) is 5.58. The summed E-state index contributed by atoms with van der Waals surface area (Å²) in [6, 6.07) is 12.7. The zero-order chi connectivity index (χ0) is 20.8. The number of para-hydroxylation sites is 1. The zero-order valence-corrected chi connectivity index (χ0v) is 17.4. The summed E-state index contributed by atoms with van der Waals surface area (Å²) >= 11 is 6.20. The van der Waals surface area contributed by atoms with Crippen molar-refractivity contribution >= 4 is 23.2 Å². The maximum Gasteiger partial charge on any atom is 0.255 e. The van der Waals surface area contributed by atoms with Gasteiger partial charge in [-0.25, -0.2) is 0 Å². The number of halogens is 1. The number of hydrogen-bond acceptors (Lipinski definition) is 4. The van der Waals surface area contributed by atoms with E-state index < -0.39 is 0 Å². The molecular formula is C23H23ClN2O3. The molecule has 3 aromatic rings. The Balaban J connectivity index is 1.78. The lowest BCUT2D eigenvalue weighted by atomic mass is 10.0. The molecule has 5 nitrogen and oxygen atoms in total. The molecule has 0 radical (unpaired) electrons. The fourth-order valence-electron chi connectivity index (χ4n) is 3.04. The Kier molecular flexibility index (Phi) is 6.73. The van der Waals surface area contributed by atoms with Gasteiger partial charge in [-0.1, -0.05) is 23.7 Å². The van der Waals surface area contributed by atoms with Crippen LogP contribution in [-0.2, 0) is 6.61 Å². The van der Waals surface area contributed by atoms with Crippen molar-refractivity contribution in [2.75, 3.05) is 11.9 Å². The molecule has 1 aromatic heterocycles. The van der Waals surface area contributed by atoms with Gasteiger partial charge in [0.15, 0.2) is 5.75 Å². The third-order valence-corrected chi connectivity index (χ3v) is 4.63. The number of benzene rings is 2. The Hall–Kier alpha value is -3.05. The van der Waals surface area contributed by atoms with E-state index in [1.807, 2.05) is 45.0 Å². The summed E-state index contributed by atoms with van der Waals surface area (Å²) < 4.78 is 11.5. The molecule has 0 saturated carbocycles. The molecule has 3 rings (SSSR count). The summed E-state index contributed by atoms with van der Waals surface area (Å²) in [6.07, 6.45) is 3.50. The molecule has 0 bridgehead atoms. The second kappa shape index (κ2) is 9.43. The maximum absolute atomic E-state index is 12.8. The molecule has 29 heavy (non-hydrogen) atoms. The number of nitrogens with one attached hydrogen (secondary N) is 1. The van der Waals surface area contributed by atoms with E-state index >= 15 is 0 Å². The molecule has 1 amide bonds. The molecule has 2 aromatic carbocycles. The summed E-state index contributed by atoms with van der Waals surface area (Å²) in [4.78, 5) is 16.9. The van der Waals surface area contributed by atoms with Gasteiger partial charge in [-0.3, -0.25) is 9.78 Å². The van der Waals surface area contributed by atoms with E-state index in [0.29, 0.717) is 35.2 Å². The highest BCUT2D eigenvalue weighted by atomic mass is 35.5. The molecule has 6 heteroatoms. The van der Waals surface area contributed by atoms with Crippen molar-refractivity contribution < 1.29 is 14.3 Å². The average molecular weight is 411 g/mol. The summed E-state index contributed by atoms with van der Waals surface area (Å²) in [7, 11) is 0. The van der Waals surface area contributed by atoms with Crippen LogP contribution in [0.15, 0.2) is 54.9 Å². The molecule has 0 aliphatic carbocycles. The monoisotopic (exact) mass is 410 g/mol. The maximum atomic E-state index is 12.8. The smallest absolute Gasteiger partial charge is 0.255 e. The number of ether oxygens (including phenoxy) is 2. The van der Waals surface area contributed by atoms with Gasteiger partial charge in [-0.2, -0.15) is 0 Å². The minimum atomic E-state index is -0.238. The Labute approximate surface area is 175 Å². The quantitative estimate of drug-likeness (QED) is 0.552. The second-order valence-corrected chi connectivity index (χ2v) is 7.00. The van der Waals surface area contributed by atoms with Crippen LogP contribution in [0.2, 0.25) is 5.02 Å². The van der Waals surface area contributed by atoms with E-state index in [-0.39, 0.29) is 5.91 Å². The van der Waals surface area contributed by atoms with Crippen LogP contribution in [-0.4, -0.2) is 17.5 Å². The Bertz CT molecular complexity index is 983. The lowest BCUT2D eigenvalue weighted by Gasteiger charge is -2.15. The SMILES string of the molecule is CCOc1c(Cl)cccc1NC(=O)c1cc(C)c(OCc2cccnc2)c(C)c1. The molecule has 0 fully saturated rings. The first kappa shape index (κ1) is 20.7. The van der Waals surface area contributed by atoms with Gasteiger partial charge in [0, 0.05) is 23.5 Å². The Morgan fingerprint density at radius 1 is 1.07 bits per heavy atom. The summed E-state index contributed by atoms with van der Waals surface area (Å²) in [5, 5.41) is 3.34. The molecule has 1 N–H and O–H groups in total. The number of carbonyl (C=O) groups excluding carboxylic acids is 1. The van der Waals surface area contributed by atoms with E-state index in [2.05, 4.69) is 10.3 Å². The molecule has 1 heterocycles. The van der Waals surface area contributed by atoms with Gasteiger partial charge in [-0.05, 0) is 62.2 Å². The zero-order valence-electron chi connectivity index (χ0n) is 16.7. The number of aryl methyl sites for hydroxylation is 2. The molecule has 0 spiro atoms. The normalized spacial score (nSPS) is 10.5. The second-order valence-electron chi connectivity index (χ2n) is 6.59. The van der Waals surface area contributed by atoms with Gasteiger partial charge >= 0.3 is 0 Å². The predicted molar refractivity (Wildman–Crippen MR) is 115 cm³/mol. The minimum Gasteiger partial charge on any atom is -0.490 e. The van der Waals surface area contributed by atoms with Crippen molar-refractivity contribution in [1.29, 1.82) is 0 Å². The van der Waals surface area contributed by atoms with E-state index in [4.69, 9.17) is 21.1 Å². The van der Waals surface area contributed by atoms with Gasteiger partial charge in [0.2, 0.25) is 0 Å². The standard InChI is InChI=1S/C23H23ClN2O3/c1-4-28-22-19(24)8-5-9-20(22)26-23(27)18-11-15(2)21(16(3)12-18)29-14-17-7-6-10-25-13-17/h5-13H,4,14H2,1-3H3,(H,26,27). The minimum absolute atomic E-state index is 0.238. The molecule has 150 valence electrons. The van der Waals surface area contributed by atoms with E-state index in [1.165, 1.54) is 0 Å². The van der Waals surface area contributed by atoms with E-state index in [1.54, 1.807) is 30.6 Å². The lowest BCUT2D eigenvalue weighted by molar-refractivity contribution is 0.102. The van der Waals surface area contributed by atoms with Crippen LogP contribution in [0.25, 0.3) is 0 Å². The van der Waals surface area contributed by atoms with Crippen molar-refractivity contribution in [3.63, 3.8) is 0 Å². The van der Waals surface area contributed by atoms with E-state index in [0.717, 1.165) is 22.4 Å². The van der Waals surface area contributed by atoms with Crippen LogP contribution in [0.1, 0.15) is 34.0 Å². The summed E-state index contributed by atoms with van der Waals surface area (Å²) in [5.41, 5.74) is 3.83. The van der Waals surface area contributed by atoms with Crippen LogP contribution in [0.5, 0.6) is 11.5 Å². The van der Waals surface area contributed by atoms with Gasteiger partial charge in [0.05, 0.1) is 17.3 Å². The number of nitrogens with zero attached hydrogens (tertiary/aromatic N) is 1. The number of aromatic nitrogens is 1. The Morgan fingerprint density at radius 3 is 2.48 bits per heavy atom. The average Bonchev–Trinajstić information content (AvgIpc) is 2.70. The highest BCUT2D eigenvalue weighted by molar-refractivity contribution is 6.32. The van der Waals surface area contributed by atoms with Crippen molar-refractivity contribution in [2.45, 2.75) is 27.4 Å². The van der Waals surface area contributed by atoms with Crippen LogP contribution in [0.3, 0.4) is 0 Å². The highest BCUT2D eigenvalue weighted by Gasteiger charge is 2.15. The third-order valence-electron chi connectivity index (χ3n) is 4.33. The largest absolute Gasteiger partial charge is 0.490 e. The number of rotatable bonds is 7. The Morgan fingerprint density at radius 2 is 1.83 bits per heavy atom. The van der Waals surface area contributed by atoms with Crippen LogP contribution in [0, 0.1) is 13.8 Å². The molecule has 0 aliphatic rings. The first-order valence-corrected chi connectivity index (χ1v) is 9.73. The van der Waals surface area contributed by atoms with Gasteiger partial charge in [0.25, 0.3) is 5.91 Å². The number of anilines is 1. The summed E-state index contributed by atoms with van der Waals surface area (Å²) in [6.45, 7) is 6.59. The van der Waals surface area contributed by atoms with Crippen molar-refractivity contribution in [3.8, 4) is 11.5 Å². The molecule has 0 aliphatic heterocycles. The molecule has 0 atom stereocenters. The number of amides is 1. The van der Waals surface area contributed by atoms with Crippen molar-refractivity contribution in [2.24, 2.45) is 0 Å². The van der Waals surface area contributed by atoms with Gasteiger partial charge in [-0.15, -0.1) is 0 Å². The molecule has 0 saturated heterocycles. The van der Waals surface area contributed by atoms with Crippen LogP contribution < -0.4 is 14.8 Å². The van der Waals surface area contributed by atoms with Crippen LogP contribution >= 0.6 is 11.6 Å². The molecular weight excluding hydrogens is 388 g/mol. The van der Waals surface area contributed by atoms with Crippen molar-refractivity contribution in [1.82, 2.24) is 4.98 Å². The topological polar surface area (TPSA) is 60.5 Å². The molecule has 0 unspecified atom stereocenters. The number of hydrogen-bond donors (Lipinski definition) is 1. The highest BCUT2D eigenvalue weighted by Crippen LogP contribution is 2.33. The fourth-order valence-corrected chi connectivity index (χ4v) is 3.27. The number of pyridine rings is 1. The van der Waals surface area contributed by atoms with Gasteiger partial charge < -0.3 is 14.8 Å². The summed E-state index contributed by atoms with van der Waals surface area (Å²) in [5.74, 6) is 0.997. The number of carbonyl (C=O) groups is 1. The van der Waals surface area contributed by atoms with E-state index in [9.17, 15) is 4.79 Å².